The highest BCUT2D eigenvalue weighted by atomic mass is 15.1. The van der Waals surface area contributed by atoms with Gasteiger partial charge in [0.05, 0.1) is 77.2 Å². The Labute approximate surface area is 687 Å². The van der Waals surface area contributed by atoms with Gasteiger partial charge in [-0.1, -0.05) is 291 Å². The van der Waals surface area contributed by atoms with Crippen molar-refractivity contribution in [2.24, 2.45) is 0 Å². The SMILES string of the molecule is c1ccc(-n2c3ccccc3c3ccc4c5ccccc5n(-c5ccc(-c6ccc(-c7c8ccccc8nc8c7ccc7cccnc78)c7ccccc67)cc5)c4c32)cc1.c1ccc(-n2c3ccccc3c3ccc4c5ccccc5n(-c5ccc(-c6ccc7cc(-c8c9ccccc9nc9c8ccc8cccnc89)ccc7c6)cc5)c4c32)cc1. The maximum Gasteiger partial charge on any atom is 0.0978 e. The summed E-state index contributed by atoms with van der Waals surface area (Å²) in [5, 5.41) is 21.5. The third-order valence-electron chi connectivity index (χ3n) is 25.0. The smallest absolute Gasteiger partial charge is 0.0978 e. The van der Waals surface area contributed by atoms with E-state index in [0.29, 0.717) is 0 Å². The third kappa shape index (κ3) is 10.3. The monoisotopic (exact) mass is 1520 g/mol. The van der Waals surface area contributed by atoms with Gasteiger partial charge in [-0.25, -0.2) is 9.97 Å². The second kappa shape index (κ2) is 26.7. The summed E-state index contributed by atoms with van der Waals surface area (Å²) in [6.07, 6.45) is 3.72. The van der Waals surface area contributed by atoms with Crippen molar-refractivity contribution in [3.63, 3.8) is 0 Å². The van der Waals surface area contributed by atoms with Crippen LogP contribution >= 0.6 is 0 Å². The van der Waals surface area contributed by atoms with Gasteiger partial charge in [-0.2, -0.15) is 0 Å². The first kappa shape index (κ1) is 67.2. The van der Waals surface area contributed by atoms with Crippen molar-refractivity contribution in [2.75, 3.05) is 0 Å². The van der Waals surface area contributed by atoms with Crippen LogP contribution in [-0.4, -0.2) is 38.2 Å². The zero-order chi connectivity index (χ0) is 78.6. The van der Waals surface area contributed by atoms with Crippen LogP contribution < -0.4 is 0 Å². The molecular formula is C112H68N8. The van der Waals surface area contributed by atoms with Crippen molar-refractivity contribution in [1.82, 2.24) is 38.2 Å². The molecule has 0 spiro atoms. The molecule has 0 amide bonds. The van der Waals surface area contributed by atoms with Crippen LogP contribution in [0.2, 0.25) is 0 Å². The van der Waals surface area contributed by atoms with Crippen molar-refractivity contribution in [3.8, 4) is 67.3 Å². The highest BCUT2D eigenvalue weighted by molar-refractivity contribution is 6.27. The molecule has 0 N–H and O–H groups in total. The highest BCUT2D eigenvalue weighted by Crippen LogP contribution is 2.48. The van der Waals surface area contributed by atoms with Crippen LogP contribution in [0.1, 0.15) is 0 Å². The summed E-state index contributed by atoms with van der Waals surface area (Å²) >= 11 is 0. The van der Waals surface area contributed by atoms with Crippen LogP contribution in [0.5, 0.6) is 0 Å². The van der Waals surface area contributed by atoms with Gasteiger partial charge >= 0.3 is 0 Å². The summed E-state index contributed by atoms with van der Waals surface area (Å²) in [6.45, 7) is 0. The van der Waals surface area contributed by atoms with Gasteiger partial charge in [0.15, 0.2) is 0 Å². The Morgan fingerprint density at radius 2 is 0.500 bits per heavy atom. The largest absolute Gasteiger partial charge is 0.307 e. The normalized spacial score (nSPS) is 12.0. The molecule has 0 bridgehead atoms. The second-order valence-electron chi connectivity index (χ2n) is 31.5. The summed E-state index contributed by atoms with van der Waals surface area (Å²) in [4.78, 5) is 19.9. The van der Waals surface area contributed by atoms with Crippen LogP contribution in [0.25, 0.3) is 241 Å². The average Bonchev–Trinajstić information content (AvgIpc) is 1.53. The topological polar surface area (TPSA) is 71.3 Å². The summed E-state index contributed by atoms with van der Waals surface area (Å²) in [5.74, 6) is 0. The first-order chi connectivity index (χ1) is 59.6. The van der Waals surface area contributed by atoms with Gasteiger partial charge in [0.25, 0.3) is 0 Å². The van der Waals surface area contributed by atoms with Gasteiger partial charge in [-0.05, 0) is 164 Å². The van der Waals surface area contributed by atoms with Crippen LogP contribution in [0.15, 0.2) is 413 Å². The molecular weight excluding hydrogens is 1460 g/mol. The molecule has 556 valence electrons. The molecule has 0 fully saturated rings. The Hall–Kier alpha value is -16.2. The number of nitrogens with zero attached hydrogens (tertiary/aromatic N) is 8. The molecule has 0 aliphatic heterocycles. The molecule has 0 radical (unpaired) electrons. The fourth-order valence-corrected chi connectivity index (χ4v) is 19.8. The Bertz CT molecular complexity index is 8780. The minimum absolute atomic E-state index is 0.925. The molecule has 0 atom stereocenters. The van der Waals surface area contributed by atoms with E-state index in [-0.39, 0.29) is 0 Å². The molecule has 26 aromatic rings. The Kier molecular flexibility index (Phi) is 15.0. The Morgan fingerprint density at radius 3 is 0.958 bits per heavy atom. The van der Waals surface area contributed by atoms with E-state index in [2.05, 4.69) is 407 Å². The fourth-order valence-electron chi connectivity index (χ4n) is 19.8. The number of para-hydroxylation sites is 8. The zero-order valence-electron chi connectivity index (χ0n) is 64.8. The number of rotatable bonds is 8. The summed E-state index contributed by atoms with van der Waals surface area (Å²) < 4.78 is 9.81. The molecule has 18 aromatic carbocycles. The second-order valence-corrected chi connectivity index (χ2v) is 31.5. The molecule has 0 aliphatic carbocycles. The van der Waals surface area contributed by atoms with Gasteiger partial charge < -0.3 is 18.3 Å². The van der Waals surface area contributed by atoms with E-state index >= 15 is 0 Å². The molecule has 120 heavy (non-hydrogen) atoms. The Balaban J connectivity index is 0.000000133. The number of hydrogen-bond donors (Lipinski definition) is 0. The quantitative estimate of drug-likeness (QED) is 0.112. The summed E-state index contributed by atoms with van der Waals surface area (Å²) in [6, 6.07) is 145. The molecule has 8 nitrogen and oxygen atoms in total. The lowest BCUT2D eigenvalue weighted by Crippen LogP contribution is -1.98. The fraction of sp³-hybridized carbons (Fsp3) is 0. The van der Waals surface area contributed by atoms with E-state index in [0.717, 1.165) is 88.2 Å². The predicted octanol–water partition coefficient (Wildman–Crippen LogP) is 29.2. The minimum Gasteiger partial charge on any atom is -0.307 e. The maximum atomic E-state index is 5.19. The lowest BCUT2D eigenvalue weighted by Gasteiger charge is -2.17. The van der Waals surface area contributed by atoms with Gasteiger partial charge in [-0.3, -0.25) is 9.97 Å². The number of pyridine rings is 4. The van der Waals surface area contributed by atoms with Crippen molar-refractivity contribution in [1.29, 1.82) is 0 Å². The van der Waals surface area contributed by atoms with E-state index < -0.39 is 0 Å². The van der Waals surface area contributed by atoms with Gasteiger partial charge in [-0.15, -0.1) is 0 Å². The average molecular weight is 1530 g/mol. The van der Waals surface area contributed by atoms with E-state index in [1.54, 1.807) is 0 Å². The van der Waals surface area contributed by atoms with Gasteiger partial charge in [0, 0.05) is 122 Å². The number of aromatic nitrogens is 8. The van der Waals surface area contributed by atoms with E-state index in [1.807, 2.05) is 24.5 Å². The van der Waals surface area contributed by atoms with Crippen LogP contribution in [0, 0.1) is 0 Å². The first-order valence-corrected chi connectivity index (χ1v) is 41.0. The predicted molar refractivity (Wildman–Crippen MR) is 503 cm³/mol. The van der Waals surface area contributed by atoms with E-state index in [9.17, 15) is 0 Å². The number of fused-ring (bicyclic) bond motifs is 24. The molecule has 0 aliphatic rings. The third-order valence-corrected chi connectivity index (χ3v) is 25.0. The number of hydrogen-bond acceptors (Lipinski definition) is 4. The maximum absolute atomic E-state index is 5.19. The van der Waals surface area contributed by atoms with Crippen molar-refractivity contribution in [3.05, 3.63) is 413 Å². The zero-order valence-corrected chi connectivity index (χ0v) is 64.8. The van der Waals surface area contributed by atoms with Crippen LogP contribution in [-0.2, 0) is 0 Å². The lowest BCUT2D eigenvalue weighted by atomic mass is 9.88. The van der Waals surface area contributed by atoms with Gasteiger partial charge in [0.1, 0.15) is 0 Å². The summed E-state index contributed by atoms with van der Waals surface area (Å²) in [7, 11) is 0. The van der Waals surface area contributed by atoms with Crippen molar-refractivity contribution < 1.29 is 0 Å². The molecule has 0 saturated heterocycles. The van der Waals surface area contributed by atoms with Crippen LogP contribution in [0.4, 0.5) is 0 Å². The molecule has 8 heterocycles. The van der Waals surface area contributed by atoms with Crippen LogP contribution in [0.3, 0.4) is 0 Å². The first-order valence-electron chi connectivity index (χ1n) is 41.0. The highest BCUT2D eigenvalue weighted by Gasteiger charge is 2.26. The van der Waals surface area contributed by atoms with Gasteiger partial charge in [0.2, 0.25) is 0 Å². The van der Waals surface area contributed by atoms with E-state index in [4.69, 9.17) is 19.9 Å². The Morgan fingerprint density at radius 1 is 0.175 bits per heavy atom. The van der Waals surface area contributed by atoms with Crippen molar-refractivity contribution in [2.45, 2.75) is 0 Å². The number of benzene rings is 18. The standard InChI is InChI=1S/2C56H34N4/c1-2-12-41(13-3-1)59-50-18-8-5-14-43(50)45-30-31-46-44-15-6-9-19-51(44)60(56(46)55(45)59)42-27-24-35(25-28-42)37-20-21-39-34-40(23-22-38(39)33-37)52-47-16-4-7-17-49(47)58-54-48(52)29-26-36-11-10-32-57-53(36)54;1-2-14-37(15-3-1)59-50-22-10-7-18-42(50)45-32-33-46-43-19-8-11-23-51(43)60(56(46)55(45)59)38-27-24-35(25-28-38)39-30-31-44(41-17-5-4-16-40(39)41)52-47-20-6-9-21-49(47)58-54-48(52)29-26-36-13-12-34-57-53(36)54/h2*1-34H. The summed E-state index contributed by atoms with van der Waals surface area (Å²) in [5.41, 5.74) is 29.3. The molecule has 8 aromatic heterocycles. The lowest BCUT2D eigenvalue weighted by molar-refractivity contribution is 1.15. The van der Waals surface area contributed by atoms with E-state index in [1.165, 1.54) is 153 Å². The molecule has 0 unspecified atom stereocenters. The minimum atomic E-state index is 0.925. The molecule has 8 heteroatoms. The molecule has 26 rings (SSSR count). The van der Waals surface area contributed by atoms with Crippen molar-refractivity contribution >= 4 is 174 Å². The molecule has 0 saturated carbocycles.